The van der Waals surface area contributed by atoms with Crippen molar-refractivity contribution in [3.8, 4) is 0 Å². The van der Waals surface area contributed by atoms with Crippen molar-refractivity contribution >= 4 is 29.0 Å². The summed E-state index contributed by atoms with van der Waals surface area (Å²) in [6, 6.07) is 5.33. The number of hydrogen-bond donors (Lipinski definition) is 3. The summed E-state index contributed by atoms with van der Waals surface area (Å²) in [5.41, 5.74) is 7.90. The number of rotatable bonds is 5. The summed E-state index contributed by atoms with van der Waals surface area (Å²) in [4.78, 5) is 11.8. The van der Waals surface area contributed by atoms with Crippen LogP contribution in [0.1, 0.15) is 23.2 Å². The summed E-state index contributed by atoms with van der Waals surface area (Å²) in [6.07, 6.45) is 4.60. The van der Waals surface area contributed by atoms with Crippen LogP contribution in [0.5, 0.6) is 0 Å². The minimum absolute atomic E-state index is 0.0912. The molecule has 0 bridgehead atoms. The quantitative estimate of drug-likeness (QED) is 0.712. The van der Waals surface area contributed by atoms with E-state index in [2.05, 4.69) is 16.9 Å². The SMILES string of the molecule is CNC(=O)c1ccc(N)cc1NCC1(SC)CC1. The lowest BCUT2D eigenvalue weighted by atomic mass is 10.1. The van der Waals surface area contributed by atoms with Crippen LogP contribution in [0.15, 0.2) is 18.2 Å². The fraction of sp³-hybridized carbons (Fsp3) is 0.462. The molecule has 1 saturated carbocycles. The van der Waals surface area contributed by atoms with Crippen LogP contribution in [0, 0.1) is 0 Å². The highest BCUT2D eigenvalue weighted by Crippen LogP contribution is 2.47. The van der Waals surface area contributed by atoms with Gasteiger partial charge in [-0.1, -0.05) is 0 Å². The molecule has 0 unspecified atom stereocenters. The van der Waals surface area contributed by atoms with Crippen molar-refractivity contribution < 1.29 is 4.79 Å². The van der Waals surface area contributed by atoms with Crippen LogP contribution in [0.2, 0.25) is 0 Å². The van der Waals surface area contributed by atoms with E-state index >= 15 is 0 Å². The van der Waals surface area contributed by atoms with Gasteiger partial charge >= 0.3 is 0 Å². The molecule has 0 heterocycles. The van der Waals surface area contributed by atoms with Crippen LogP contribution in [0.3, 0.4) is 0 Å². The highest BCUT2D eigenvalue weighted by molar-refractivity contribution is 8.00. The van der Waals surface area contributed by atoms with Crippen LogP contribution in [-0.4, -0.2) is 30.5 Å². The Hall–Kier alpha value is -1.36. The third kappa shape index (κ3) is 2.72. The number of hydrogen-bond acceptors (Lipinski definition) is 4. The van der Waals surface area contributed by atoms with Crippen LogP contribution in [-0.2, 0) is 0 Å². The van der Waals surface area contributed by atoms with Crippen LogP contribution in [0.25, 0.3) is 0 Å². The number of thioether (sulfide) groups is 1. The maximum atomic E-state index is 11.8. The van der Waals surface area contributed by atoms with Gasteiger partial charge in [-0.15, -0.1) is 0 Å². The average molecular weight is 265 g/mol. The summed E-state index contributed by atoms with van der Waals surface area (Å²) in [7, 11) is 1.63. The maximum Gasteiger partial charge on any atom is 0.253 e. The van der Waals surface area contributed by atoms with Crippen LogP contribution >= 0.6 is 11.8 Å². The standard InChI is InChI=1S/C13H19N3OS/c1-15-12(17)10-4-3-9(14)7-11(10)16-8-13(18-2)5-6-13/h3-4,7,16H,5-6,8,14H2,1-2H3,(H,15,17). The Morgan fingerprint density at radius 1 is 1.50 bits per heavy atom. The van der Waals surface area contributed by atoms with Crippen molar-refractivity contribution in [1.82, 2.24) is 5.32 Å². The predicted octanol–water partition coefficient (Wildman–Crippen LogP) is 1.94. The second-order valence-corrected chi connectivity index (χ2v) is 5.90. The average Bonchev–Trinajstić information content (AvgIpc) is 3.16. The molecule has 5 heteroatoms. The second kappa shape index (κ2) is 5.10. The monoisotopic (exact) mass is 265 g/mol. The Morgan fingerprint density at radius 2 is 2.22 bits per heavy atom. The molecule has 0 radical (unpaired) electrons. The molecule has 1 amide bonds. The van der Waals surface area contributed by atoms with E-state index in [-0.39, 0.29) is 5.91 Å². The molecule has 0 aliphatic heterocycles. The summed E-state index contributed by atoms with van der Waals surface area (Å²) < 4.78 is 0.352. The Morgan fingerprint density at radius 3 is 2.78 bits per heavy atom. The molecular weight excluding hydrogens is 246 g/mol. The van der Waals surface area contributed by atoms with Crippen LogP contribution in [0.4, 0.5) is 11.4 Å². The van der Waals surface area contributed by atoms with E-state index in [1.165, 1.54) is 12.8 Å². The molecule has 0 atom stereocenters. The van der Waals surface area contributed by atoms with Crippen molar-refractivity contribution in [3.05, 3.63) is 23.8 Å². The van der Waals surface area contributed by atoms with E-state index in [0.29, 0.717) is 16.0 Å². The van der Waals surface area contributed by atoms with E-state index < -0.39 is 0 Å². The van der Waals surface area contributed by atoms with Gasteiger partial charge in [0.2, 0.25) is 0 Å². The third-order valence-electron chi connectivity index (χ3n) is 3.36. The van der Waals surface area contributed by atoms with E-state index in [9.17, 15) is 4.79 Å². The number of nitrogen functional groups attached to an aromatic ring is 1. The molecule has 98 valence electrons. The molecule has 4 N–H and O–H groups in total. The fourth-order valence-corrected chi connectivity index (χ4v) is 2.62. The molecule has 0 spiro atoms. The summed E-state index contributed by atoms with van der Waals surface area (Å²) >= 11 is 1.89. The number of carbonyl (C=O) groups excluding carboxylic acids is 1. The topological polar surface area (TPSA) is 67.2 Å². The maximum absolute atomic E-state index is 11.8. The second-order valence-electron chi connectivity index (χ2n) is 4.62. The molecular formula is C13H19N3OS. The summed E-state index contributed by atoms with van der Waals surface area (Å²) in [5, 5.41) is 6.00. The van der Waals surface area contributed by atoms with E-state index in [4.69, 9.17) is 5.73 Å². The molecule has 1 aliphatic rings. The van der Waals surface area contributed by atoms with Gasteiger partial charge in [0.15, 0.2) is 0 Å². The zero-order chi connectivity index (χ0) is 13.2. The van der Waals surface area contributed by atoms with Gasteiger partial charge < -0.3 is 16.4 Å². The summed E-state index contributed by atoms with van der Waals surface area (Å²) in [6.45, 7) is 0.877. The lowest BCUT2D eigenvalue weighted by Crippen LogP contribution is -2.23. The minimum atomic E-state index is -0.0912. The molecule has 4 nitrogen and oxygen atoms in total. The van der Waals surface area contributed by atoms with Gasteiger partial charge in [-0.25, -0.2) is 0 Å². The van der Waals surface area contributed by atoms with Gasteiger partial charge in [-0.2, -0.15) is 11.8 Å². The lowest BCUT2D eigenvalue weighted by molar-refractivity contribution is 0.0964. The van der Waals surface area contributed by atoms with Gasteiger partial charge in [0, 0.05) is 29.7 Å². The number of carbonyl (C=O) groups is 1. The zero-order valence-electron chi connectivity index (χ0n) is 10.7. The van der Waals surface area contributed by atoms with Crippen molar-refractivity contribution in [2.24, 2.45) is 0 Å². The molecule has 1 aromatic carbocycles. The van der Waals surface area contributed by atoms with Gasteiger partial charge in [0.25, 0.3) is 5.91 Å². The molecule has 0 saturated heterocycles. The Balaban J connectivity index is 2.14. The first-order valence-corrected chi connectivity index (χ1v) is 7.23. The van der Waals surface area contributed by atoms with Crippen molar-refractivity contribution in [1.29, 1.82) is 0 Å². The first kappa shape index (κ1) is 13.1. The van der Waals surface area contributed by atoms with Gasteiger partial charge in [-0.05, 0) is 37.3 Å². The lowest BCUT2D eigenvalue weighted by Gasteiger charge is -2.16. The number of amides is 1. The molecule has 1 aliphatic carbocycles. The van der Waals surface area contributed by atoms with E-state index in [0.717, 1.165) is 12.2 Å². The minimum Gasteiger partial charge on any atom is -0.399 e. The van der Waals surface area contributed by atoms with Crippen LogP contribution < -0.4 is 16.4 Å². The smallest absolute Gasteiger partial charge is 0.253 e. The molecule has 1 fully saturated rings. The Labute approximate surface area is 112 Å². The first-order valence-electron chi connectivity index (χ1n) is 6.01. The van der Waals surface area contributed by atoms with E-state index in [1.807, 2.05) is 17.8 Å². The van der Waals surface area contributed by atoms with Gasteiger partial charge in [-0.3, -0.25) is 4.79 Å². The molecule has 2 rings (SSSR count). The number of anilines is 2. The normalized spacial score (nSPS) is 16.1. The largest absolute Gasteiger partial charge is 0.399 e. The Kier molecular flexibility index (Phi) is 3.71. The molecule has 1 aromatic rings. The third-order valence-corrected chi connectivity index (χ3v) is 4.78. The first-order chi connectivity index (χ1) is 8.60. The Bertz CT molecular complexity index is 458. The number of nitrogens with two attached hydrogens (primary N) is 1. The fourth-order valence-electron chi connectivity index (χ4n) is 1.89. The predicted molar refractivity (Wildman–Crippen MR) is 78.2 cm³/mol. The van der Waals surface area contributed by atoms with Crippen molar-refractivity contribution in [3.63, 3.8) is 0 Å². The molecule has 18 heavy (non-hydrogen) atoms. The van der Waals surface area contributed by atoms with Gasteiger partial charge in [0.05, 0.1) is 5.56 Å². The van der Waals surface area contributed by atoms with Crippen molar-refractivity contribution in [2.75, 3.05) is 30.9 Å². The summed E-state index contributed by atoms with van der Waals surface area (Å²) in [5.74, 6) is -0.0912. The van der Waals surface area contributed by atoms with E-state index in [1.54, 1.807) is 19.2 Å². The van der Waals surface area contributed by atoms with Gasteiger partial charge in [0.1, 0.15) is 0 Å². The van der Waals surface area contributed by atoms with Crippen molar-refractivity contribution in [2.45, 2.75) is 17.6 Å². The highest BCUT2D eigenvalue weighted by atomic mass is 32.2. The number of benzene rings is 1. The molecule has 0 aromatic heterocycles. The highest BCUT2D eigenvalue weighted by Gasteiger charge is 2.41. The number of nitrogens with one attached hydrogen (secondary N) is 2. The zero-order valence-corrected chi connectivity index (χ0v) is 11.6.